The van der Waals surface area contributed by atoms with Crippen LogP contribution in [0.15, 0.2) is 36.4 Å². The van der Waals surface area contributed by atoms with E-state index in [0.29, 0.717) is 31.1 Å². The molecule has 1 aromatic rings. The third-order valence-corrected chi connectivity index (χ3v) is 3.42. The van der Waals surface area contributed by atoms with Crippen molar-refractivity contribution in [2.75, 3.05) is 18.4 Å². The van der Waals surface area contributed by atoms with E-state index in [4.69, 9.17) is 0 Å². The minimum atomic E-state index is -0.423. The minimum absolute atomic E-state index is 0.0240. The highest BCUT2D eigenvalue weighted by Crippen LogP contribution is 2.22. The van der Waals surface area contributed by atoms with E-state index >= 15 is 0 Å². The molecule has 1 aliphatic carbocycles. The molecule has 0 bridgehead atoms. The number of rotatable bonds is 7. The molecule has 6 heteroatoms. The second-order valence-electron chi connectivity index (χ2n) is 5.02. The highest BCUT2D eigenvalue weighted by Gasteiger charge is 2.14. The van der Waals surface area contributed by atoms with E-state index in [2.05, 4.69) is 22.8 Å². The van der Waals surface area contributed by atoms with Crippen LogP contribution in [0, 0.1) is 16.0 Å². The maximum Gasteiger partial charge on any atom is 0.292 e. The Morgan fingerprint density at radius 2 is 2.14 bits per heavy atom. The van der Waals surface area contributed by atoms with Crippen LogP contribution < -0.4 is 10.6 Å². The van der Waals surface area contributed by atoms with Crippen LogP contribution in [0.5, 0.6) is 0 Å². The van der Waals surface area contributed by atoms with Gasteiger partial charge in [0.2, 0.25) is 5.91 Å². The van der Waals surface area contributed by atoms with Gasteiger partial charge in [-0.3, -0.25) is 14.9 Å². The van der Waals surface area contributed by atoms with Crippen molar-refractivity contribution >= 4 is 17.3 Å². The molecule has 0 radical (unpaired) electrons. The maximum atomic E-state index is 11.7. The Labute approximate surface area is 123 Å². The Morgan fingerprint density at radius 3 is 2.86 bits per heavy atom. The number of anilines is 1. The summed E-state index contributed by atoms with van der Waals surface area (Å²) < 4.78 is 0. The molecule has 0 heterocycles. The van der Waals surface area contributed by atoms with Crippen molar-refractivity contribution in [3.63, 3.8) is 0 Å². The fourth-order valence-corrected chi connectivity index (χ4v) is 2.36. The molecular formula is C15H19N3O3. The third-order valence-electron chi connectivity index (χ3n) is 3.42. The molecule has 1 atom stereocenters. The maximum absolute atomic E-state index is 11.7. The molecular weight excluding hydrogens is 270 g/mol. The van der Waals surface area contributed by atoms with Crippen molar-refractivity contribution in [2.45, 2.75) is 19.3 Å². The highest BCUT2D eigenvalue weighted by atomic mass is 16.6. The number of carbonyl (C=O) groups excluding carboxylic acids is 1. The Morgan fingerprint density at radius 1 is 1.33 bits per heavy atom. The average molecular weight is 289 g/mol. The first-order valence-electron chi connectivity index (χ1n) is 7.07. The van der Waals surface area contributed by atoms with E-state index in [1.54, 1.807) is 18.2 Å². The zero-order valence-electron chi connectivity index (χ0n) is 11.7. The van der Waals surface area contributed by atoms with E-state index in [-0.39, 0.29) is 11.6 Å². The average Bonchev–Trinajstić information content (AvgIpc) is 2.96. The summed E-state index contributed by atoms with van der Waals surface area (Å²) >= 11 is 0. The highest BCUT2D eigenvalue weighted by molar-refractivity contribution is 5.76. The van der Waals surface area contributed by atoms with Crippen LogP contribution in [-0.2, 0) is 4.79 Å². The van der Waals surface area contributed by atoms with Gasteiger partial charge in [-0.05, 0) is 24.8 Å². The summed E-state index contributed by atoms with van der Waals surface area (Å²) in [6.45, 7) is 0.901. The summed E-state index contributed by atoms with van der Waals surface area (Å²) in [6.07, 6.45) is 6.81. The first kappa shape index (κ1) is 15.0. The molecule has 2 rings (SSSR count). The molecule has 0 unspecified atom stereocenters. The molecule has 0 aliphatic heterocycles. The second kappa shape index (κ2) is 7.42. The lowest BCUT2D eigenvalue weighted by Crippen LogP contribution is -2.29. The number of nitro groups is 1. The zero-order valence-corrected chi connectivity index (χ0v) is 11.7. The van der Waals surface area contributed by atoms with Crippen LogP contribution in [0.25, 0.3) is 0 Å². The molecule has 1 amide bonds. The number of hydrogen-bond acceptors (Lipinski definition) is 4. The molecule has 1 aromatic carbocycles. The van der Waals surface area contributed by atoms with Crippen molar-refractivity contribution in [1.29, 1.82) is 0 Å². The van der Waals surface area contributed by atoms with Gasteiger partial charge in [0.05, 0.1) is 4.92 Å². The zero-order chi connectivity index (χ0) is 15.1. The van der Waals surface area contributed by atoms with Gasteiger partial charge in [0.1, 0.15) is 5.69 Å². The summed E-state index contributed by atoms with van der Waals surface area (Å²) in [6, 6.07) is 6.47. The quantitative estimate of drug-likeness (QED) is 0.349. The van der Waals surface area contributed by atoms with Gasteiger partial charge in [0.15, 0.2) is 0 Å². The number of amides is 1. The van der Waals surface area contributed by atoms with E-state index in [0.717, 1.165) is 12.8 Å². The minimum Gasteiger partial charge on any atom is -0.378 e. The molecule has 0 saturated carbocycles. The van der Waals surface area contributed by atoms with E-state index in [1.807, 2.05) is 0 Å². The van der Waals surface area contributed by atoms with Crippen molar-refractivity contribution in [3.8, 4) is 0 Å². The number of nitrogens with one attached hydrogen (secondary N) is 2. The largest absolute Gasteiger partial charge is 0.378 e. The van der Waals surface area contributed by atoms with Crippen LogP contribution in [0.3, 0.4) is 0 Å². The van der Waals surface area contributed by atoms with E-state index in [1.165, 1.54) is 6.07 Å². The van der Waals surface area contributed by atoms with Gasteiger partial charge >= 0.3 is 0 Å². The molecule has 6 nitrogen and oxygen atoms in total. The topological polar surface area (TPSA) is 84.3 Å². The number of para-hydroxylation sites is 2. The van der Waals surface area contributed by atoms with E-state index in [9.17, 15) is 14.9 Å². The number of allylic oxidation sites excluding steroid dienone is 2. The SMILES string of the molecule is O=C(C[C@@H]1C=CCC1)NCCNc1ccccc1[N+](=O)[O-]. The number of benzene rings is 1. The lowest BCUT2D eigenvalue weighted by molar-refractivity contribution is -0.384. The molecule has 0 spiro atoms. The Kier molecular flexibility index (Phi) is 5.31. The van der Waals surface area contributed by atoms with Crippen molar-refractivity contribution in [3.05, 3.63) is 46.5 Å². The fraction of sp³-hybridized carbons (Fsp3) is 0.400. The van der Waals surface area contributed by atoms with Gasteiger partial charge in [0, 0.05) is 25.6 Å². The van der Waals surface area contributed by atoms with Gasteiger partial charge < -0.3 is 10.6 Å². The van der Waals surface area contributed by atoms with Crippen LogP contribution in [0.1, 0.15) is 19.3 Å². The van der Waals surface area contributed by atoms with E-state index < -0.39 is 4.92 Å². The monoisotopic (exact) mass is 289 g/mol. The van der Waals surface area contributed by atoms with Crippen molar-refractivity contribution in [1.82, 2.24) is 5.32 Å². The molecule has 0 saturated heterocycles. The molecule has 0 aromatic heterocycles. The Bertz CT molecular complexity index is 543. The first-order chi connectivity index (χ1) is 10.2. The predicted octanol–water partition coefficient (Wildman–Crippen LogP) is 2.48. The lowest BCUT2D eigenvalue weighted by Gasteiger charge is -2.10. The van der Waals surface area contributed by atoms with Gasteiger partial charge in [-0.2, -0.15) is 0 Å². The smallest absolute Gasteiger partial charge is 0.292 e. The summed E-state index contributed by atoms with van der Waals surface area (Å²) in [4.78, 5) is 22.1. The van der Waals surface area contributed by atoms with Crippen LogP contribution in [0.4, 0.5) is 11.4 Å². The Hall–Kier alpha value is -2.37. The molecule has 2 N–H and O–H groups in total. The summed E-state index contributed by atoms with van der Waals surface area (Å²) in [5.74, 6) is 0.379. The van der Waals surface area contributed by atoms with Gasteiger partial charge in [0.25, 0.3) is 5.69 Å². The van der Waals surface area contributed by atoms with Crippen LogP contribution in [0.2, 0.25) is 0 Å². The number of carbonyl (C=O) groups is 1. The van der Waals surface area contributed by atoms with Crippen LogP contribution >= 0.6 is 0 Å². The first-order valence-corrected chi connectivity index (χ1v) is 7.07. The number of hydrogen-bond donors (Lipinski definition) is 2. The lowest BCUT2D eigenvalue weighted by atomic mass is 10.1. The standard InChI is InChI=1S/C15H19N3O3/c19-15(11-12-5-1-2-6-12)17-10-9-16-13-7-3-4-8-14(13)18(20)21/h1,3-5,7-8,12,16H,2,6,9-11H2,(H,17,19)/t12-/m1/s1. The van der Waals surface area contributed by atoms with Gasteiger partial charge in [-0.25, -0.2) is 0 Å². The molecule has 112 valence electrons. The number of nitrogens with zero attached hydrogens (tertiary/aromatic N) is 1. The summed E-state index contributed by atoms with van der Waals surface area (Å²) in [7, 11) is 0. The third kappa shape index (κ3) is 4.59. The molecule has 1 aliphatic rings. The van der Waals surface area contributed by atoms with Crippen molar-refractivity contribution in [2.24, 2.45) is 5.92 Å². The summed E-state index contributed by atoms with van der Waals surface area (Å²) in [5, 5.41) is 16.6. The molecule has 21 heavy (non-hydrogen) atoms. The second-order valence-corrected chi connectivity index (χ2v) is 5.02. The van der Waals surface area contributed by atoms with Gasteiger partial charge in [-0.1, -0.05) is 24.3 Å². The number of nitro benzene ring substituents is 1. The van der Waals surface area contributed by atoms with Gasteiger partial charge in [-0.15, -0.1) is 0 Å². The summed E-state index contributed by atoms with van der Waals surface area (Å²) in [5.41, 5.74) is 0.510. The van der Waals surface area contributed by atoms with Crippen LogP contribution in [-0.4, -0.2) is 23.9 Å². The normalized spacial score (nSPS) is 16.7. The Balaban J connectivity index is 1.71. The fourth-order valence-electron chi connectivity index (χ4n) is 2.36. The molecule has 0 fully saturated rings. The predicted molar refractivity (Wildman–Crippen MR) is 81.1 cm³/mol. The van der Waals surface area contributed by atoms with Crippen molar-refractivity contribution < 1.29 is 9.72 Å².